The van der Waals surface area contributed by atoms with E-state index < -0.39 is 0 Å². The monoisotopic (exact) mass is 584 g/mol. The Morgan fingerprint density at radius 1 is 1.07 bits per heavy atom. The minimum absolute atomic E-state index is 0.0617. The van der Waals surface area contributed by atoms with Crippen LogP contribution in [0.4, 0.5) is 5.82 Å². The van der Waals surface area contributed by atoms with E-state index in [-0.39, 0.29) is 35.4 Å². The number of carbonyl (C=O) groups is 2. The summed E-state index contributed by atoms with van der Waals surface area (Å²) in [5, 5.41) is 0. The predicted molar refractivity (Wildman–Crippen MR) is 163 cm³/mol. The van der Waals surface area contributed by atoms with Crippen LogP contribution in [-0.2, 0) is 17.8 Å². The molecule has 0 aliphatic carbocycles. The van der Waals surface area contributed by atoms with E-state index in [0.717, 1.165) is 18.4 Å². The first-order valence-corrected chi connectivity index (χ1v) is 14.6. The zero-order valence-corrected chi connectivity index (χ0v) is 24.3. The Labute approximate surface area is 249 Å². The van der Waals surface area contributed by atoms with Crippen molar-refractivity contribution >= 4 is 28.5 Å². The molecular weight excluding hydrogens is 548 g/mol. The van der Waals surface area contributed by atoms with Gasteiger partial charge in [-0.15, -0.1) is 0 Å². The molecule has 2 aliphatic rings. The van der Waals surface area contributed by atoms with Gasteiger partial charge < -0.3 is 29.6 Å². The molecule has 2 fully saturated rings. The highest BCUT2D eigenvalue weighted by atomic mass is 16.5. The number of hydrogen-bond acceptors (Lipinski definition) is 8. The summed E-state index contributed by atoms with van der Waals surface area (Å²) in [7, 11) is 1.54. The number of benzene rings is 2. The van der Waals surface area contributed by atoms with Crippen molar-refractivity contribution in [3.05, 3.63) is 88.0 Å². The van der Waals surface area contributed by atoms with Crippen molar-refractivity contribution in [3.8, 4) is 5.75 Å². The molecule has 0 saturated carbocycles. The van der Waals surface area contributed by atoms with E-state index in [1.54, 1.807) is 29.2 Å². The molecule has 1 unspecified atom stereocenters. The lowest BCUT2D eigenvalue weighted by Gasteiger charge is -2.35. The Morgan fingerprint density at radius 3 is 2.60 bits per heavy atom. The maximum absolute atomic E-state index is 14.3. The van der Waals surface area contributed by atoms with Crippen molar-refractivity contribution in [1.29, 1.82) is 0 Å². The van der Waals surface area contributed by atoms with Crippen LogP contribution >= 0.6 is 0 Å². The second-order valence-corrected chi connectivity index (χ2v) is 11.1. The molecular formula is C32H36N6O5. The molecule has 2 saturated heterocycles. The van der Waals surface area contributed by atoms with E-state index in [1.165, 1.54) is 18.0 Å². The van der Waals surface area contributed by atoms with Crippen LogP contribution in [0.2, 0.25) is 0 Å². The number of methoxy groups -OCH3 is 1. The third-order valence-electron chi connectivity index (χ3n) is 8.16. The lowest BCUT2D eigenvalue weighted by Crippen LogP contribution is -2.45. The zero-order chi connectivity index (χ0) is 29.9. The van der Waals surface area contributed by atoms with Crippen molar-refractivity contribution < 1.29 is 19.1 Å². The molecule has 2 N–H and O–H groups in total. The third kappa shape index (κ3) is 5.78. The summed E-state index contributed by atoms with van der Waals surface area (Å²) in [5.74, 6) is 0.757. The zero-order valence-electron chi connectivity index (χ0n) is 24.3. The van der Waals surface area contributed by atoms with E-state index in [2.05, 4.69) is 4.90 Å². The fourth-order valence-electron chi connectivity index (χ4n) is 5.98. The molecule has 0 bridgehead atoms. The van der Waals surface area contributed by atoms with E-state index >= 15 is 0 Å². The van der Waals surface area contributed by atoms with Crippen LogP contribution in [0.25, 0.3) is 11.0 Å². The molecule has 2 aromatic heterocycles. The number of amides is 1. The van der Waals surface area contributed by atoms with Gasteiger partial charge in [-0.05, 0) is 30.5 Å². The molecule has 11 heteroatoms. The van der Waals surface area contributed by atoms with Crippen molar-refractivity contribution in [2.75, 3.05) is 51.4 Å². The van der Waals surface area contributed by atoms with Gasteiger partial charge in [0.05, 0.1) is 33.2 Å². The molecule has 4 aromatic rings. The van der Waals surface area contributed by atoms with Crippen LogP contribution in [0.5, 0.6) is 5.75 Å². The van der Waals surface area contributed by atoms with Gasteiger partial charge in [-0.2, -0.15) is 0 Å². The van der Waals surface area contributed by atoms with Crippen LogP contribution in [0.1, 0.15) is 39.1 Å². The quantitative estimate of drug-likeness (QED) is 0.314. The number of anilines is 1. The Kier molecular flexibility index (Phi) is 8.26. The van der Waals surface area contributed by atoms with Gasteiger partial charge in [0.15, 0.2) is 5.78 Å². The van der Waals surface area contributed by atoms with Crippen LogP contribution < -0.4 is 20.9 Å². The molecule has 4 heterocycles. The van der Waals surface area contributed by atoms with E-state index in [1.807, 2.05) is 34.9 Å². The van der Waals surface area contributed by atoms with Gasteiger partial charge >= 0.3 is 0 Å². The Hall–Kier alpha value is -4.48. The fraction of sp³-hybridized carbons (Fsp3) is 0.375. The maximum Gasteiger partial charge on any atom is 0.278 e. The predicted octanol–water partition coefficient (Wildman–Crippen LogP) is 2.54. The molecule has 43 heavy (non-hydrogen) atoms. The second kappa shape index (κ2) is 12.4. The highest BCUT2D eigenvalue weighted by molar-refractivity contribution is 6.11. The normalized spacial score (nSPS) is 17.3. The van der Waals surface area contributed by atoms with Gasteiger partial charge in [0.2, 0.25) is 0 Å². The highest BCUT2D eigenvalue weighted by Crippen LogP contribution is 2.34. The SMILES string of the molecule is COc1cccc(C(=O)Cn2cnc3c(C(=O)N4CCOCC4)c(N4CCCC(N)C4)n(Cc4ccccc4)c3c2=O)c1. The van der Waals surface area contributed by atoms with Gasteiger partial charge in [0.1, 0.15) is 28.2 Å². The summed E-state index contributed by atoms with van der Waals surface area (Å²) in [4.78, 5) is 50.4. The summed E-state index contributed by atoms with van der Waals surface area (Å²) in [6.07, 6.45) is 3.13. The number of Topliss-reactive ketones (excluding diaryl/α,β-unsaturated/α-hetero) is 1. The van der Waals surface area contributed by atoms with Crippen LogP contribution in [0.3, 0.4) is 0 Å². The smallest absolute Gasteiger partial charge is 0.278 e. The second-order valence-electron chi connectivity index (χ2n) is 11.1. The minimum atomic E-state index is -0.388. The highest BCUT2D eigenvalue weighted by Gasteiger charge is 2.34. The first kappa shape index (κ1) is 28.6. The molecule has 2 aromatic carbocycles. The average Bonchev–Trinajstić information content (AvgIpc) is 3.37. The van der Waals surface area contributed by atoms with Gasteiger partial charge in [-0.1, -0.05) is 42.5 Å². The molecule has 0 spiro atoms. The average molecular weight is 585 g/mol. The first-order valence-electron chi connectivity index (χ1n) is 14.6. The fourth-order valence-corrected chi connectivity index (χ4v) is 5.98. The number of fused-ring (bicyclic) bond motifs is 1. The summed E-state index contributed by atoms with van der Waals surface area (Å²) in [5.41, 5.74) is 8.44. The van der Waals surface area contributed by atoms with Crippen molar-refractivity contribution in [2.24, 2.45) is 5.73 Å². The number of aromatic nitrogens is 3. The van der Waals surface area contributed by atoms with Crippen molar-refractivity contribution in [3.63, 3.8) is 0 Å². The number of carbonyl (C=O) groups excluding carboxylic acids is 2. The molecule has 0 radical (unpaired) electrons. The van der Waals surface area contributed by atoms with Crippen LogP contribution in [0, 0.1) is 0 Å². The van der Waals surface area contributed by atoms with Gasteiger partial charge in [0.25, 0.3) is 11.5 Å². The standard InChI is InChI=1S/C32H36N6O5/c1-42-25-11-5-9-23(17-25)26(39)20-37-21-34-28-27(31(40)35-13-15-43-16-14-35)30(36-12-6-10-24(33)19-36)38(29(28)32(37)41)18-22-7-3-2-4-8-22/h2-5,7-9,11,17,21,24H,6,10,12-16,18-20,33H2,1H3. The molecule has 6 rings (SSSR count). The summed E-state index contributed by atoms with van der Waals surface area (Å²) < 4.78 is 14.0. The number of morpholine rings is 1. The number of piperidine rings is 1. The van der Waals surface area contributed by atoms with Gasteiger partial charge in [-0.25, -0.2) is 4.98 Å². The number of ether oxygens (including phenoxy) is 2. The van der Waals surface area contributed by atoms with Crippen LogP contribution in [-0.4, -0.2) is 83.3 Å². The van der Waals surface area contributed by atoms with E-state index in [4.69, 9.17) is 20.2 Å². The molecule has 2 aliphatic heterocycles. The molecule has 1 amide bonds. The largest absolute Gasteiger partial charge is 0.497 e. The number of hydrogen-bond donors (Lipinski definition) is 1. The topological polar surface area (TPSA) is 125 Å². The van der Waals surface area contributed by atoms with Gasteiger partial charge in [-0.3, -0.25) is 19.0 Å². The van der Waals surface area contributed by atoms with E-state index in [9.17, 15) is 14.4 Å². The first-order chi connectivity index (χ1) is 20.9. The minimum Gasteiger partial charge on any atom is -0.497 e. The Bertz CT molecular complexity index is 1690. The summed E-state index contributed by atoms with van der Waals surface area (Å²) >= 11 is 0. The van der Waals surface area contributed by atoms with E-state index in [0.29, 0.717) is 74.1 Å². The maximum atomic E-state index is 14.3. The molecule has 11 nitrogen and oxygen atoms in total. The summed E-state index contributed by atoms with van der Waals surface area (Å²) in [6, 6.07) is 16.6. The molecule has 1 atom stereocenters. The Morgan fingerprint density at radius 2 is 1.86 bits per heavy atom. The van der Waals surface area contributed by atoms with Crippen LogP contribution in [0.15, 0.2) is 65.7 Å². The number of rotatable bonds is 8. The van der Waals surface area contributed by atoms with Crippen molar-refractivity contribution in [1.82, 2.24) is 19.0 Å². The van der Waals surface area contributed by atoms with Crippen molar-refractivity contribution in [2.45, 2.75) is 32.0 Å². The third-order valence-corrected chi connectivity index (χ3v) is 8.16. The lowest BCUT2D eigenvalue weighted by atomic mass is 10.1. The molecule has 224 valence electrons. The number of ketones is 1. The summed E-state index contributed by atoms with van der Waals surface area (Å²) in [6.45, 7) is 3.20. The lowest BCUT2D eigenvalue weighted by molar-refractivity contribution is 0.0304. The Balaban J connectivity index is 1.53. The number of nitrogens with two attached hydrogens (primary N) is 1. The van der Waals surface area contributed by atoms with Gasteiger partial charge in [0, 0.05) is 44.3 Å². The number of nitrogens with zero attached hydrogens (tertiary/aromatic N) is 5.